The zero-order valence-electron chi connectivity index (χ0n) is 29.8. The topological polar surface area (TPSA) is 99.1 Å². The van der Waals surface area contributed by atoms with Gasteiger partial charge in [0.1, 0.15) is 6.61 Å². The summed E-state index contributed by atoms with van der Waals surface area (Å²) < 4.78 is 17.0. The van der Waals surface area contributed by atoms with Gasteiger partial charge in [-0.15, -0.1) is 0 Å². The molecule has 8 heteroatoms. The first-order valence-corrected chi connectivity index (χ1v) is 17.7. The Balaban J connectivity index is 4.60. The molecule has 1 N–H and O–H groups in total. The molecule has 0 spiro atoms. The first-order valence-electron chi connectivity index (χ1n) is 17.7. The lowest BCUT2D eigenvalue weighted by molar-refractivity contribution is -0.887. The molecule has 0 heterocycles. The van der Waals surface area contributed by atoms with Crippen molar-refractivity contribution >= 4 is 17.9 Å². The van der Waals surface area contributed by atoms with E-state index < -0.39 is 18.1 Å². The van der Waals surface area contributed by atoms with Gasteiger partial charge in [0.25, 0.3) is 0 Å². The van der Waals surface area contributed by atoms with Crippen LogP contribution in [0.4, 0.5) is 0 Å². The van der Waals surface area contributed by atoms with Crippen LogP contribution in [0.5, 0.6) is 0 Å². The van der Waals surface area contributed by atoms with Crippen LogP contribution in [0.25, 0.3) is 0 Å². The molecule has 264 valence electrons. The maximum Gasteiger partial charge on any atom is 0.362 e. The summed E-state index contributed by atoms with van der Waals surface area (Å²) in [6, 6.07) is -0.626. The number of aliphatic carboxylic acids is 1. The quantitative estimate of drug-likeness (QED) is 0.0361. The Bertz CT molecular complexity index is 901. The minimum atomic E-state index is -0.891. The number of rotatable bonds is 30. The fourth-order valence-electron chi connectivity index (χ4n) is 4.71. The van der Waals surface area contributed by atoms with Gasteiger partial charge >= 0.3 is 17.9 Å². The fraction of sp³-hybridized carbons (Fsp3) is 0.711. The van der Waals surface area contributed by atoms with E-state index in [4.69, 9.17) is 14.2 Å². The summed E-state index contributed by atoms with van der Waals surface area (Å²) in [5.74, 6) is -1.61. The monoisotopic (exact) mass is 648 g/mol. The van der Waals surface area contributed by atoms with Gasteiger partial charge < -0.3 is 23.8 Å². The van der Waals surface area contributed by atoms with E-state index in [-0.39, 0.29) is 42.7 Å². The summed E-state index contributed by atoms with van der Waals surface area (Å²) in [4.78, 5) is 36.5. The number of carbonyl (C=O) groups excluding carboxylic acids is 2. The zero-order valence-corrected chi connectivity index (χ0v) is 29.8. The number of unbranched alkanes of at least 4 members (excludes halogenated alkanes) is 8. The average molecular weight is 649 g/mol. The number of allylic oxidation sites excluding steroid dienone is 8. The third-order valence-electron chi connectivity index (χ3n) is 7.48. The van der Waals surface area contributed by atoms with E-state index in [1.165, 1.54) is 38.5 Å². The first-order chi connectivity index (χ1) is 22.1. The number of nitrogens with zero attached hydrogens (tertiary/aromatic N) is 1. The molecule has 0 aliphatic heterocycles. The molecule has 0 amide bonds. The summed E-state index contributed by atoms with van der Waals surface area (Å²) in [5, 5.41) is 9.55. The molecule has 46 heavy (non-hydrogen) atoms. The lowest BCUT2D eigenvalue weighted by atomic mass is 10.1. The van der Waals surface area contributed by atoms with E-state index in [1.807, 2.05) is 27.2 Å². The molecule has 2 atom stereocenters. The van der Waals surface area contributed by atoms with Gasteiger partial charge in [0.15, 0.2) is 12.1 Å². The Morgan fingerprint density at radius 2 is 1.26 bits per heavy atom. The highest BCUT2D eigenvalue weighted by Gasteiger charge is 2.31. The Morgan fingerprint density at radius 3 is 1.87 bits per heavy atom. The van der Waals surface area contributed by atoms with Crippen molar-refractivity contribution in [3.8, 4) is 0 Å². The molecule has 2 unspecified atom stereocenters. The molecule has 0 aliphatic rings. The fourth-order valence-corrected chi connectivity index (χ4v) is 4.71. The summed E-state index contributed by atoms with van der Waals surface area (Å²) in [7, 11) is 5.47. The van der Waals surface area contributed by atoms with Crippen molar-refractivity contribution in [1.82, 2.24) is 0 Å². The van der Waals surface area contributed by atoms with Crippen LogP contribution in [-0.4, -0.2) is 80.6 Å². The highest BCUT2D eigenvalue weighted by molar-refractivity contribution is 5.72. The highest BCUT2D eigenvalue weighted by Crippen LogP contribution is 2.11. The van der Waals surface area contributed by atoms with E-state index in [9.17, 15) is 19.5 Å². The molecular formula is C38H66NO7+. The van der Waals surface area contributed by atoms with Crippen molar-refractivity contribution in [2.24, 2.45) is 0 Å². The van der Waals surface area contributed by atoms with Gasteiger partial charge in [-0.05, 0) is 57.8 Å². The van der Waals surface area contributed by atoms with Gasteiger partial charge in [-0.3, -0.25) is 9.59 Å². The Labute approximate surface area is 280 Å². The highest BCUT2D eigenvalue weighted by atomic mass is 16.6. The second-order valence-electron chi connectivity index (χ2n) is 12.7. The predicted molar refractivity (Wildman–Crippen MR) is 188 cm³/mol. The summed E-state index contributed by atoms with van der Waals surface area (Å²) in [5.41, 5.74) is 0. The van der Waals surface area contributed by atoms with Crippen LogP contribution in [0.1, 0.15) is 123 Å². The number of carboxylic acids is 1. The summed E-state index contributed by atoms with van der Waals surface area (Å²) >= 11 is 0. The van der Waals surface area contributed by atoms with E-state index >= 15 is 0 Å². The van der Waals surface area contributed by atoms with Crippen LogP contribution >= 0.6 is 0 Å². The van der Waals surface area contributed by atoms with Gasteiger partial charge in [0.05, 0.1) is 34.4 Å². The molecule has 8 nitrogen and oxygen atoms in total. The van der Waals surface area contributed by atoms with Crippen LogP contribution in [0.3, 0.4) is 0 Å². The van der Waals surface area contributed by atoms with Crippen molar-refractivity contribution in [3.05, 3.63) is 48.6 Å². The zero-order chi connectivity index (χ0) is 34.3. The van der Waals surface area contributed by atoms with Crippen LogP contribution < -0.4 is 0 Å². The van der Waals surface area contributed by atoms with E-state index in [1.54, 1.807) is 0 Å². The third-order valence-corrected chi connectivity index (χ3v) is 7.48. The molecule has 0 aliphatic carbocycles. The molecule has 0 bridgehead atoms. The largest absolute Gasteiger partial charge is 0.477 e. The molecule has 0 aromatic heterocycles. The van der Waals surface area contributed by atoms with Crippen molar-refractivity contribution < 1.29 is 38.2 Å². The molecular weight excluding hydrogens is 582 g/mol. The first kappa shape index (κ1) is 43.3. The molecule has 0 aromatic carbocycles. The number of ether oxygens (including phenoxy) is 3. The maximum absolute atomic E-state index is 12.6. The van der Waals surface area contributed by atoms with Crippen molar-refractivity contribution in [1.29, 1.82) is 0 Å². The normalized spacial score (nSPS) is 13.7. The van der Waals surface area contributed by atoms with Crippen LogP contribution in [0, 0.1) is 0 Å². The number of likely N-dealkylation sites (N-methyl/N-ethyl adjacent to an activating group) is 1. The molecule has 0 radical (unpaired) electrons. The Kier molecular flexibility index (Phi) is 27.9. The second kappa shape index (κ2) is 29.7. The van der Waals surface area contributed by atoms with Crippen molar-refractivity contribution in [2.75, 3.05) is 41.0 Å². The maximum atomic E-state index is 12.6. The number of carbonyl (C=O) groups is 3. The van der Waals surface area contributed by atoms with Gasteiger partial charge in [0.2, 0.25) is 0 Å². The Hall–Kier alpha value is -2.71. The molecule has 0 saturated heterocycles. The van der Waals surface area contributed by atoms with Crippen LogP contribution in [-0.2, 0) is 28.6 Å². The number of hydrogen-bond donors (Lipinski definition) is 1. The van der Waals surface area contributed by atoms with Crippen molar-refractivity contribution in [3.63, 3.8) is 0 Å². The van der Waals surface area contributed by atoms with E-state index in [2.05, 4.69) is 56.4 Å². The SMILES string of the molecule is CC/C=C/C/C=C/CCCCC(=O)OCC(COCCC(C(=O)O)[N+](C)(C)C)OC(=O)CC/C=C/C/C=C/CCCCCCCC. The van der Waals surface area contributed by atoms with Crippen LogP contribution in [0.2, 0.25) is 0 Å². The number of hydrogen-bond acceptors (Lipinski definition) is 6. The minimum absolute atomic E-state index is 0.0268. The summed E-state index contributed by atoms with van der Waals surface area (Å²) in [6.07, 6.45) is 31.9. The second-order valence-corrected chi connectivity index (χ2v) is 12.7. The van der Waals surface area contributed by atoms with Crippen molar-refractivity contribution in [2.45, 2.75) is 135 Å². The third kappa shape index (κ3) is 27.6. The number of carboxylic acid groups (broad SMARTS) is 1. The van der Waals surface area contributed by atoms with Gasteiger partial charge in [-0.1, -0.05) is 94.6 Å². The van der Waals surface area contributed by atoms with Gasteiger partial charge in [-0.25, -0.2) is 4.79 Å². The van der Waals surface area contributed by atoms with E-state index in [0.717, 1.165) is 44.9 Å². The average Bonchev–Trinajstić information content (AvgIpc) is 3.00. The summed E-state index contributed by atoms with van der Waals surface area (Å²) in [6.45, 7) is 4.47. The number of quaternary nitrogens is 1. The smallest absolute Gasteiger partial charge is 0.362 e. The lowest BCUT2D eigenvalue weighted by Gasteiger charge is -2.31. The van der Waals surface area contributed by atoms with Gasteiger partial charge in [-0.2, -0.15) is 0 Å². The molecule has 0 fully saturated rings. The number of esters is 2. The van der Waals surface area contributed by atoms with Crippen LogP contribution in [0.15, 0.2) is 48.6 Å². The minimum Gasteiger partial charge on any atom is -0.477 e. The predicted octanol–water partition coefficient (Wildman–Crippen LogP) is 8.51. The molecule has 0 aromatic rings. The molecule has 0 saturated carbocycles. The van der Waals surface area contributed by atoms with Gasteiger partial charge in [0, 0.05) is 19.3 Å². The van der Waals surface area contributed by atoms with E-state index in [0.29, 0.717) is 19.3 Å². The lowest BCUT2D eigenvalue weighted by Crippen LogP contribution is -2.50. The Morgan fingerprint density at radius 1 is 0.674 bits per heavy atom. The standard InChI is InChI=1S/C38H65NO7/c1-6-8-10-12-14-16-17-18-19-21-23-25-27-29-37(41)46-34(32-44-31-30-35(38(42)43)39(3,4)5)33-45-36(40)28-26-24-22-20-15-13-11-9-7-2/h9,11,15,18-20,23,25,34-35H,6-8,10,12-14,16-17,21-22,24,26-33H2,1-5H3/p+1/b11-9+,19-18+,20-15+,25-23+. The molecule has 0 rings (SSSR count).